The van der Waals surface area contributed by atoms with Gasteiger partial charge in [-0.2, -0.15) is 0 Å². The summed E-state index contributed by atoms with van der Waals surface area (Å²) >= 11 is 3.52. The summed E-state index contributed by atoms with van der Waals surface area (Å²) in [6.07, 6.45) is 8.36. The normalized spacial score (nSPS) is 28.6. The van der Waals surface area contributed by atoms with Gasteiger partial charge in [0.15, 0.2) is 0 Å². The van der Waals surface area contributed by atoms with Crippen LogP contribution in [0.4, 0.5) is 5.82 Å². The minimum absolute atomic E-state index is 0.654. The smallest absolute Gasteiger partial charge is 0.131 e. The second-order valence-corrected chi connectivity index (χ2v) is 7.17. The van der Waals surface area contributed by atoms with Gasteiger partial charge in [0.05, 0.1) is 0 Å². The Hall–Kier alpha value is -0.610. The van der Waals surface area contributed by atoms with Gasteiger partial charge in [0.1, 0.15) is 5.82 Å². The van der Waals surface area contributed by atoms with Crippen LogP contribution in [0.15, 0.2) is 16.7 Å². The molecule has 2 saturated heterocycles. The predicted molar refractivity (Wildman–Crippen MR) is 87.3 cm³/mol. The zero-order chi connectivity index (χ0) is 14.1. The third-order valence-electron chi connectivity index (χ3n) is 4.64. The molecule has 20 heavy (non-hydrogen) atoms. The predicted octanol–water partition coefficient (Wildman–Crippen LogP) is 3.65. The molecular weight excluding hydrogens is 314 g/mol. The molecular formula is C16H24BrN3. The summed E-state index contributed by atoms with van der Waals surface area (Å²) in [6.45, 7) is 5.54. The van der Waals surface area contributed by atoms with Crippen molar-refractivity contribution >= 4 is 21.7 Å². The molecule has 0 saturated carbocycles. The Bertz CT molecular complexity index is 465. The summed E-state index contributed by atoms with van der Waals surface area (Å²) in [5, 5.41) is 3.74. The van der Waals surface area contributed by atoms with Crippen LogP contribution in [0.3, 0.4) is 0 Å². The van der Waals surface area contributed by atoms with Crippen LogP contribution in [0.25, 0.3) is 0 Å². The van der Waals surface area contributed by atoms with Gasteiger partial charge in [0.25, 0.3) is 0 Å². The Morgan fingerprint density at radius 2 is 2.05 bits per heavy atom. The number of piperidine rings is 1. The maximum atomic E-state index is 4.70. The Kier molecular flexibility index (Phi) is 4.32. The van der Waals surface area contributed by atoms with E-state index in [0.29, 0.717) is 6.04 Å². The lowest BCUT2D eigenvalue weighted by Gasteiger charge is -2.39. The average Bonchev–Trinajstić information content (AvgIpc) is 2.76. The molecule has 1 aromatic heterocycles. The zero-order valence-electron chi connectivity index (χ0n) is 12.4. The fraction of sp³-hybridized carbons (Fsp3) is 0.688. The molecule has 0 aliphatic carbocycles. The molecule has 0 aromatic carbocycles. The average molecular weight is 338 g/mol. The van der Waals surface area contributed by atoms with E-state index >= 15 is 0 Å². The number of pyridine rings is 1. The molecule has 1 aromatic rings. The van der Waals surface area contributed by atoms with Crippen LogP contribution in [0.2, 0.25) is 0 Å². The summed E-state index contributed by atoms with van der Waals surface area (Å²) in [5.41, 5.74) is 1.28. The first-order chi connectivity index (χ1) is 9.67. The minimum Gasteiger partial charge on any atom is -0.353 e. The molecule has 2 fully saturated rings. The van der Waals surface area contributed by atoms with Crippen molar-refractivity contribution in [3.63, 3.8) is 0 Å². The maximum Gasteiger partial charge on any atom is 0.131 e. The highest BCUT2D eigenvalue weighted by molar-refractivity contribution is 9.10. The first-order valence-electron chi connectivity index (χ1n) is 7.82. The Morgan fingerprint density at radius 3 is 2.65 bits per heavy atom. The molecule has 0 radical (unpaired) electrons. The van der Waals surface area contributed by atoms with Crippen molar-refractivity contribution < 1.29 is 0 Å². The van der Waals surface area contributed by atoms with Crippen LogP contribution >= 0.6 is 15.9 Å². The number of rotatable bonds is 4. The van der Waals surface area contributed by atoms with Gasteiger partial charge >= 0.3 is 0 Å². The van der Waals surface area contributed by atoms with Gasteiger partial charge in [-0.25, -0.2) is 4.98 Å². The molecule has 0 amide bonds. The Balaban J connectivity index is 1.84. The van der Waals surface area contributed by atoms with E-state index in [-0.39, 0.29) is 0 Å². The van der Waals surface area contributed by atoms with Crippen molar-refractivity contribution in [1.29, 1.82) is 0 Å². The second kappa shape index (κ2) is 6.02. The zero-order valence-corrected chi connectivity index (χ0v) is 14.0. The van der Waals surface area contributed by atoms with Gasteiger partial charge in [0.2, 0.25) is 0 Å². The molecule has 4 heteroatoms. The molecule has 3 nitrogen and oxygen atoms in total. The number of hydrogen-bond acceptors (Lipinski definition) is 3. The molecule has 110 valence electrons. The highest BCUT2D eigenvalue weighted by Gasteiger charge is 2.36. The van der Waals surface area contributed by atoms with Crippen molar-refractivity contribution in [3.8, 4) is 0 Å². The van der Waals surface area contributed by atoms with Crippen LogP contribution in [0, 0.1) is 6.92 Å². The van der Waals surface area contributed by atoms with Gasteiger partial charge in [-0.3, -0.25) is 0 Å². The molecule has 3 rings (SSSR count). The molecule has 2 bridgehead atoms. The van der Waals surface area contributed by atoms with E-state index < -0.39 is 0 Å². The van der Waals surface area contributed by atoms with Crippen LogP contribution < -0.4 is 10.2 Å². The van der Waals surface area contributed by atoms with Crippen molar-refractivity contribution in [3.05, 3.63) is 22.3 Å². The Morgan fingerprint density at radius 1 is 1.35 bits per heavy atom. The monoisotopic (exact) mass is 337 g/mol. The summed E-state index contributed by atoms with van der Waals surface area (Å²) in [7, 11) is 0. The number of nitrogens with one attached hydrogen (secondary N) is 1. The van der Waals surface area contributed by atoms with Crippen molar-refractivity contribution in [2.75, 3.05) is 11.4 Å². The van der Waals surface area contributed by atoms with E-state index in [1.165, 1.54) is 43.5 Å². The van der Waals surface area contributed by atoms with E-state index in [1.54, 1.807) is 0 Å². The fourth-order valence-corrected chi connectivity index (χ4v) is 4.26. The van der Waals surface area contributed by atoms with Crippen molar-refractivity contribution in [2.24, 2.45) is 0 Å². The molecule has 2 aliphatic heterocycles. The quantitative estimate of drug-likeness (QED) is 0.908. The van der Waals surface area contributed by atoms with E-state index in [2.05, 4.69) is 46.1 Å². The first-order valence-corrected chi connectivity index (χ1v) is 8.61. The topological polar surface area (TPSA) is 28.2 Å². The molecule has 2 atom stereocenters. The molecule has 3 heterocycles. The van der Waals surface area contributed by atoms with Crippen molar-refractivity contribution in [2.45, 2.75) is 64.1 Å². The summed E-state index contributed by atoms with van der Waals surface area (Å²) in [6, 6.07) is 4.30. The number of hydrogen-bond donors (Lipinski definition) is 1. The number of nitrogens with zero attached hydrogens (tertiary/aromatic N) is 2. The number of anilines is 1. The standard InChI is InChI=1S/C16H24BrN3/c1-3-6-20(16-11(2)7-12(17)10-18-16)15-8-13-4-5-14(9-15)19-13/h7,10,13-15,19H,3-6,8-9H2,1-2H3. The lowest BCUT2D eigenvalue weighted by molar-refractivity contribution is 0.345. The van der Waals surface area contributed by atoms with Crippen LogP contribution in [-0.2, 0) is 0 Å². The third-order valence-corrected chi connectivity index (χ3v) is 5.08. The lowest BCUT2D eigenvalue weighted by Crippen LogP contribution is -2.49. The summed E-state index contributed by atoms with van der Waals surface area (Å²) < 4.78 is 1.07. The highest BCUT2D eigenvalue weighted by atomic mass is 79.9. The van der Waals surface area contributed by atoms with E-state index in [4.69, 9.17) is 4.98 Å². The number of fused-ring (bicyclic) bond motifs is 2. The molecule has 0 spiro atoms. The lowest BCUT2D eigenvalue weighted by atomic mass is 9.97. The van der Waals surface area contributed by atoms with E-state index in [9.17, 15) is 0 Å². The molecule has 2 aliphatic rings. The summed E-state index contributed by atoms with van der Waals surface area (Å²) in [4.78, 5) is 7.26. The highest BCUT2D eigenvalue weighted by Crippen LogP contribution is 2.33. The molecule has 2 unspecified atom stereocenters. The van der Waals surface area contributed by atoms with E-state index in [1.807, 2.05) is 6.20 Å². The van der Waals surface area contributed by atoms with Crippen LogP contribution in [0.1, 0.15) is 44.6 Å². The third kappa shape index (κ3) is 2.86. The number of aryl methyl sites for hydroxylation is 1. The number of aromatic nitrogens is 1. The van der Waals surface area contributed by atoms with Gasteiger partial charge in [-0.1, -0.05) is 6.92 Å². The van der Waals surface area contributed by atoms with Gasteiger partial charge in [-0.05, 0) is 66.6 Å². The largest absolute Gasteiger partial charge is 0.353 e. The van der Waals surface area contributed by atoms with Crippen molar-refractivity contribution in [1.82, 2.24) is 10.3 Å². The van der Waals surface area contributed by atoms with Crippen LogP contribution in [-0.4, -0.2) is 29.7 Å². The maximum absolute atomic E-state index is 4.70. The fourth-order valence-electron chi connectivity index (χ4n) is 3.82. The SMILES string of the molecule is CCCN(c1ncc(Br)cc1C)C1CC2CCC(C1)N2. The van der Waals surface area contributed by atoms with Gasteiger partial charge in [-0.15, -0.1) is 0 Å². The van der Waals surface area contributed by atoms with E-state index in [0.717, 1.165) is 23.1 Å². The Labute approximate surface area is 130 Å². The molecule has 1 N–H and O–H groups in total. The first kappa shape index (κ1) is 14.3. The number of halogens is 1. The van der Waals surface area contributed by atoms with Gasteiger partial charge < -0.3 is 10.2 Å². The van der Waals surface area contributed by atoms with Crippen LogP contribution in [0.5, 0.6) is 0 Å². The summed E-state index contributed by atoms with van der Waals surface area (Å²) in [5.74, 6) is 1.18. The second-order valence-electron chi connectivity index (χ2n) is 6.25. The van der Waals surface area contributed by atoms with Gasteiger partial charge in [0, 0.05) is 35.3 Å². The minimum atomic E-state index is 0.654.